The first-order valence-corrected chi connectivity index (χ1v) is 11.1. The summed E-state index contributed by atoms with van der Waals surface area (Å²) in [5, 5.41) is 10.4. The molecule has 162 valence electrons. The molecule has 1 fully saturated rings. The number of nitrogens with one attached hydrogen (secondary N) is 4. The van der Waals surface area contributed by atoms with Crippen molar-refractivity contribution < 1.29 is 9.59 Å². The smallest absolute Gasteiger partial charge is 0.242 e. The molecule has 6 nitrogen and oxygen atoms in total. The maximum atomic E-state index is 13.1. The normalized spacial score (nSPS) is 15.5. The van der Waals surface area contributed by atoms with Gasteiger partial charge < -0.3 is 20.9 Å². The Morgan fingerprint density at radius 3 is 2.55 bits per heavy atom. The van der Waals surface area contributed by atoms with E-state index in [9.17, 15) is 9.59 Å². The molecule has 1 unspecified atom stereocenters. The predicted octanol–water partition coefficient (Wildman–Crippen LogP) is 2.55. The molecule has 1 aliphatic rings. The van der Waals surface area contributed by atoms with Crippen LogP contribution >= 0.6 is 0 Å². The van der Waals surface area contributed by atoms with E-state index in [1.54, 1.807) is 0 Å². The summed E-state index contributed by atoms with van der Waals surface area (Å²) in [5.41, 5.74) is 3.24. The van der Waals surface area contributed by atoms with Crippen LogP contribution < -0.4 is 16.0 Å². The van der Waals surface area contributed by atoms with Gasteiger partial charge in [-0.25, -0.2) is 0 Å². The first-order valence-electron chi connectivity index (χ1n) is 11.1. The summed E-state index contributed by atoms with van der Waals surface area (Å²) in [7, 11) is 0. The van der Waals surface area contributed by atoms with Gasteiger partial charge in [-0.2, -0.15) is 0 Å². The molecule has 4 N–H and O–H groups in total. The fraction of sp³-hybridized carbons (Fsp3) is 0.360. The zero-order valence-corrected chi connectivity index (χ0v) is 17.7. The highest BCUT2D eigenvalue weighted by atomic mass is 16.2. The van der Waals surface area contributed by atoms with E-state index in [2.05, 4.69) is 33.1 Å². The van der Waals surface area contributed by atoms with Crippen molar-refractivity contribution in [1.29, 1.82) is 0 Å². The van der Waals surface area contributed by atoms with Gasteiger partial charge in [0.1, 0.15) is 6.04 Å². The van der Waals surface area contributed by atoms with Gasteiger partial charge in [-0.15, -0.1) is 0 Å². The van der Waals surface area contributed by atoms with Crippen molar-refractivity contribution >= 4 is 22.7 Å². The van der Waals surface area contributed by atoms with Crippen LogP contribution in [0, 0.1) is 5.92 Å². The van der Waals surface area contributed by atoms with E-state index < -0.39 is 6.04 Å². The monoisotopic (exact) mass is 418 g/mol. The Kier molecular flexibility index (Phi) is 6.99. The number of carbonyl (C=O) groups is 2. The Bertz CT molecular complexity index is 1010. The van der Waals surface area contributed by atoms with E-state index >= 15 is 0 Å². The summed E-state index contributed by atoms with van der Waals surface area (Å²) in [6.07, 6.45) is 4.76. The van der Waals surface area contributed by atoms with Crippen molar-refractivity contribution in [2.24, 2.45) is 5.92 Å². The quantitative estimate of drug-likeness (QED) is 0.454. The summed E-state index contributed by atoms with van der Waals surface area (Å²) in [4.78, 5) is 29.2. The number of H-pyrrole nitrogens is 1. The van der Waals surface area contributed by atoms with Gasteiger partial charge in [0, 0.05) is 36.0 Å². The molecule has 4 rings (SSSR count). The van der Waals surface area contributed by atoms with Crippen LogP contribution in [0.2, 0.25) is 0 Å². The molecule has 2 heterocycles. The molecule has 0 saturated carbocycles. The van der Waals surface area contributed by atoms with Gasteiger partial charge in [-0.3, -0.25) is 9.59 Å². The van der Waals surface area contributed by atoms with Crippen molar-refractivity contribution in [2.75, 3.05) is 19.6 Å². The van der Waals surface area contributed by atoms with Gasteiger partial charge in [-0.05, 0) is 49.5 Å². The van der Waals surface area contributed by atoms with Crippen molar-refractivity contribution in [1.82, 2.24) is 20.9 Å². The van der Waals surface area contributed by atoms with Crippen molar-refractivity contribution in [3.63, 3.8) is 0 Å². The lowest BCUT2D eigenvalue weighted by Crippen LogP contribution is -2.51. The van der Waals surface area contributed by atoms with E-state index in [1.165, 1.54) is 5.56 Å². The summed E-state index contributed by atoms with van der Waals surface area (Å²) in [5.74, 6) is -0.197. The maximum Gasteiger partial charge on any atom is 0.242 e. The SMILES string of the molecule is O=C(NC(Cc1c[nH]c2ccccc12)C(=O)NCCc1ccccc1)C1CCNCC1. The molecule has 2 amide bonds. The fourth-order valence-electron chi connectivity index (χ4n) is 4.20. The highest BCUT2D eigenvalue weighted by molar-refractivity contribution is 5.90. The molecule has 2 aromatic carbocycles. The second kappa shape index (κ2) is 10.3. The second-order valence-corrected chi connectivity index (χ2v) is 8.18. The molecular formula is C25H30N4O2. The number of carbonyl (C=O) groups excluding carboxylic acids is 2. The Labute approximate surface area is 182 Å². The first-order chi connectivity index (χ1) is 15.2. The highest BCUT2D eigenvalue weighted by Gasteiger charge is 2.27. The zero-order valence-electron chi connectivity index (χ0n) is 17.7. The summed E-state index contributed by atoms with van der Waals surface area (Å²) in [6.45, 7) is 2.22. The lowest BCUT2D eigenvalue weighted by atomic mass is 9.96. The minimum atomic E-state index is -0.600. The lowest BCUT2D eigenvalue weighted by molar-refractivity contribution is -0.131. The molecule has 0 bridgehead atoms. The molecule has 31 heavy (non-hydrogen) atoms. The average molecular weight is 419 g/mol. The van der Waals surface area contributed by atoms with Crippen molar-refractivity contribution in [3.8, 4) is 0 Å². The lowest BCUT2D eigenvalue weighted by Gasteiger charge is -2.25. The number of rotatable bonds is 8. The standard InChI is InChI=1S/C25H30N4O2/c30-24(19-11-13-26-14-12-19)29-23(16-20-17-28-22-9-5-4-8-21(20)22)25(31)27-15-10-18-6-2-1-3-7-18/h1-9,17,19,23,26,28H,10-16H2,(H,27,31)(H,29,30). The third kappa shape index (κ3) is 5.52. The number of aromatic amines is 1. The molecule has 0 radical (unpaired) electrons. The third-order valence-electron chi connectivity index (χ3n) is 6.00. The van der Waals surface area contributed by atoms with Crippen molar-refractivity contribution in [2.45, 2.75) is 31.7 Å². The van der Waals surface area contributed by atoms with E-state index in [0.29, 0.717) is 13.0 Å². The van der Waals surface area contributed by atoms with Gasteiger partial charge in [0.2, 0.25) is 11.8 Å². The van der Waals surface area contributed by atoms with Crippen LogP contribution in [0.3, 0.4) is 0 Å². The largest absolute Gasteiger partial charge is 0.361 e. The number of hydrogen-bond acceptors (Lipinski definition) is 3. The minimum Gasteiger partial charge on any atom is -0.361 e. The average Bonchev–Trinajstić information content (AvgIpc) is 3.22. The van der Waals surface area contributed by atoms with E-state index in [4.69, 9.17) is 0 Å². The number of benzene rings is 2. The fourth-order valence-corrected chi connectivity index (χ4v) is 4.20. The van der Waals surface area contributed by atoms with Crippen LogP contribution in [0.25, 0.3) is 10.9 Å². The molecule has 1 aromatic heterocycles. The maximum absolute atomic E-state index is 13.1. The zero-order chi connectivity index (χ0) is 21.5. The Hall–Kier alpha value is -3.12. The number of aromatic nitrogens is 1. The van der Waals surface area contributed by atoms with E-state index in [1.807, 2.05) is 48.7 Å². The van der Waals surface area contributed by atoms with Crippen molar-refractivity contribution in [3.05, 3.63) is 71.9 Å². The molecule has 1 atom stereocenters. The van der Waals surface area contributed by atoms with Crippen LogP contribution in [-0.2, 0) is 22.4 Å². The van der Waals surface area contributed by atoms with Gasteiger partial charge >= 0.3 is 0 Å². The first kappa shape index (κ1) is 21.1. The molecule has 1 saturated heterocycles. The molecule has 0 spiro atoms. The van der Waals surface area contributed by atoms with Gasteiger partial charge in [-0.1, -0.05) is 48.5 Å². The summed E-state index contributed by atoms with van der Waals surface area (Å²) >= 11 is 0. The van der Waals surface area contributed by atoms with Gasteiger partial charge in [0.15, 0.2) is 0 Å². The Balaban J connectivity index is 1.44. The second-order valence-electron chi connectivity index (χ2n) is 8.18. The molecule has 3 aromatic rings. The molecule has 0 aliphatic carbocycles. The summed E-state index contributed by atoms with van der Waals surface area (Å²) < 4.78 is 0. The number of piperidine rings is 1. The molecule has 6 heteroatoms. The van der Waals surface area contributed by atoms with Crippen LogP contribution in [0.15, 0.2) is 60.8 Å². The minimum absolute atomic E-state index is 0.0236. The number of para-hydroxylation sites is 1. The summed E-state index contributed by atoms with van der Waals surface area (Å²) in [6, 6.07) is 17.5. The predicted molar refractivity (Wildman–Crippen MR) is 123 cm³/mol. The number of hydrogen-bond donors (Lipinski definition) is 4. The molecular weight excluding hydrogens is 388 g/mol. The van der Waals surface area contributed by atoms with Crippen LogP contribution in [0.1, 0.15) is 24.0 Å². The van der Waals surface area contributed by atoms with Crippen LogP contribution in [0.5, 0.6) is 0 Å². The third-order valence-corrected chi connectivity index (χ3v) is 6.00. The van der Waals surface area contributed by atoms with E-state index in [0.717, 1.165) is 48.8 Å². The van der Waals surface area contributed by atoms with Gasteiger partial charge in [0.05, 0.1) is 0 Å². The molecule has 1 aliphatic heterocycles. The van der Waals surface area contributed by atoms with Crippen LogP contribution in [-0.4, -0.2) is 42.5 Å². The Morgan fingerprint density at radius 2 is 1.74 bits per heavy atom. The highest BCUT2D eigenvalue weighted by Crippen LogP contribution is 2.20. The van der Waals surface area contributed by atoms with Crippen LogP contribution in [0.4, 0.5) is 0 Å². The van der Waals surface area contributed by atoms with E-state index in [-0.39, 0.29) is 17.7 Å². The van der Waals surface area contributed by atoms with Gasteiger partial charge in [0.25, 0.3) is 0 Å². The number of fused-ring (bicyclic) bond motifs is 1. The topological polar surface area (TPSA) is 86.0 Å². The number of amides is 2. The Morgan fingerprint density at radius 1 is 1.00 bits per heavy atom.